The lowest BCUT2D eigenvalue weighted by molar-refractivity contribution is 0.485. The molecule has 123 valence electrons. The minimum atomic E-state index is -2.65. The highest BCUT2D eigenvalue weighted by Gasteiger charge is 2.18. The van der Waals surface area contributed by atoms with Crippen molar-refractivity contribution in [3.63, 3.8) is 0 Å². The molecular formula is C12H21AlO6P3. The van der Waals surface area contributed by atoms with Crippen LogP contribution in [-0.4, -0.2) is 69.0 Å². The van der Waals surface area contributed by atoms with Crippen molar-refractivity contribution in [2.24, 2.45) is 0 Å². The monoisotopic (exact) mass is 381 g/mol. The van der Waals surface area contributed by atoms with Gasteiger partial charge in [-0.15, -0.1) is 0 Å². The van der Waals surface area contributed by atoms with Crippen molar-refractivity contribution in [2.45, 2.75) is 0 Å². The van der Waals surface area contributed by atoms with Crippen molar-refractivity contribution >= 4 is 39.5 Å². The van der Waals surface area contributed by atoms with Crippen LogP contribution in [0.1, 0.15) is 0 Å². The second-order valence-corrected chi connectivity index (χ2v) is 12.3. The molecule has 0 saturated heterocycles. The van der Waals surface area contributed by atoms with E-state index in [2.05, 4.69) is 0 Å². The van der Waals surface area contributed by atoms with Crippen molar-refractivity contribution in [1.29, 1.82) is 0 Å². The predicted molar refractivity (Wildman–Crippen MR) is 91.9 cm³/mol. The zero-order valence-corrected chi connectivity index (χ0v) is 16.0. The zero-order valence-electron chi connectivity index (χ0n) is 12.2. The maximum atomic E-state index is 10.5. The predicted octanol–water partition coefficient (Wildman–Crippen LogP) is 2.10. The van der Waals surface area contributed by atoms with Gasteiger partial charge in [-0.1, -0.05) is 36.5 Å². The van der Waals surface area contributed by atoms with Gasteiger partial charge in [-0.05, 0) is 0 Å². The summed E-state index contributed by atoms with van der Waals surface area (Å²) in [7, 11) is -7.96. The fraction of sp³-hybridized carbons (Fsp3) is 0.500. The van der Waals surface area contributed by atoms with Gasteiger partial charge in [-0.25, -0.2) is 0 Å². The lowest BCUT2D eigenvalue weighted by atomic mass is 10.6. The van der Waals surface area contributed by atoms with Crippen LogP contribution in [0.5, 0.6) is 0 Å². The molecule has 0 aromatic heterocycles. The van der Waals surface area contributed by atoms with Gasteiger partial charge in [0, 0.05) is 54.3 Å². The quantitative estimate of drug-likeness (QED) is 0.337. The van der Waals surface area contributed by atoms with E-state index in [4.69, 9.17) is 14.7 Å². The Bertz CT molecular complexity index is 467. The van der Waals surface area contributed by atoms with Crippen molar-refractivity contribution < 1.29 is 28.4 Å². The molecule has 6 nitrogen and oxygen atoms in total. The summed E-state index contributed by atoms with van der Waals surface area (Å²) in [5, 5.41) is 0. The molecule has 3 heterocycles. The lowest BCUT2D eigenvalue weighted by Gasteiger charge is -1.95. The largest absolute Gasteiger partial charge is 0.344 e. The fourth-order valence-electron chi connectivity index (χ4n) is 1.66. The highest BCUT2D eigenvalue weighted by molar-refractivity contribution is 7.59. The second kappa shape index (κ2) is 9.58. The topological polar surface area (TPSA) is 112 Å². The van der Waals surface area contributed by atoms with Crippen LogP contribution >= 0.6 is 22.1 Å². The van der Waals surface area contributed by atoms with Crippen LogP contribution in [0.15, 0.2) is 36.5 Å². The Morgan fingerprint density at radius 1 is 0.500 bits per heavy atom. The van der Waals surface area contributed by atoms with Gasteiger partial charge in [0.2, 0.25) is 22.1 Å². The van der Waals surface area contributed by atoms with Gasteiger partial charge in [0.05, 0.1) is 0 Å². The highest BCUT2D eigenvalue weighted by atomic mass is 31.2. The van der Waals surface area contributed by atoms with Gasteiger partial charge in [-0.3, -0.25) is 13.7 Å². The lowest BCUT2D eigenvalue weighted by Crippen LogP contribution is -1.78. The Morgan fingerprint density at radius 3 is 0.682 bits per heavy atom. The van der Waals surface area contributed by atoms with Crippen LogP contribution in [0.2, 0.25) is 0 Å². The van der Waals surface area contributed by atoms with Crippen LogP contribution in [0.3, 0.4) is 0 Å². The molecule has 3 aliphatic heterocycles. The second-order valence-electron chi connectivity index (χ2n) is 5.05. The maximum Gasteiger partial charge on any atom is 0.207 e. The molecular weight excluding hydrogens is 360 g/mol. The van der Waals surface area contributed by atoms with E-state index in [-0.39, 0.29) is 17.4 Å². The third-order valence-electron chi connectivity index (χ3n) is 2.84. The van der Waals surface area contributed by atoms with Crippen LogP contribution in [-0.2, 0) is 13.7 Å². The molecule has 3 N–H and O–H groups in total. The maximum absolute atomic E-state index is 10.5. The van der Waals surface area contributed by atoms with E-state index in [1.165, 1.54) is 0 Å². The molecule has 0 bridgehead atoms. The third kappa shape index (κ3) is 10.2. The summed E-state index contributed by atoms with van der Waals surface area (Å²) in [6, 6.07) is 0. The molecule has 0 aliphatic carbocycles. The van der Waals surface area contributed by atoms with Crippen LogP contribution in [0.4, 0.5) is 0 Å². The molecule has 0 unspecified atom stereocenters. The third-order valence-corrected chi connectivity index (χ3v) is 7.53. The first-order chi connectivity index (χ1) is 9.62. The number of hydrogen-bond donors (Lipinski definition) is 3. The Hall–Kier alpha value is 0.322. The van der Waals surface area contributed by atoms with E-state index in [1.54, 1.807) is 36.5 Å². The van der Waals surface area contributed by atoms with E-state index in [9.17, 15) is 13.7 Å². The summed E-state index contributed by atoms with van der Waals surface area (Å²) in [4.78, 5) is 26.1. The molecule has 0 amide bonds. The van der Waals surface area contributed by atoms with Gasteiger partial charge in [0.15, 0.2) is 0 Å². The van der Waals surface area contributed by atoms with Crippen LogP contribution in [0, 0.1) is 0 Å². The van der Waals surface area contributed by atoms with Crippen molar-refractivity contribution in [1.82, 2.24) is 0 Å². The summed E-state index contributed by atoms with van der Waals surface area (Å²) >= 11 is 0. The van der Waals surface area contributed by atoms with Crippen molar-refractivity contribution in [2.75, 3.05) is 37.0 Å². The first-order valence-corrected chi connectivity index (χ1v) is 12.6. The first-order valence-electron chi connectivity index (χ1n) is 6.49. The van der Waals surface area contributed by atoms with Gasteiger partial charge >= 0.3 is 0 Å². The molecule has 0 saturated carbocycles. The van der Waals surface area contributed by atoms with Gasteiger partial charge in [0.1, 0.15) is 0 Å². The molecule has 3 radical (unpaired) electrons. The SMILES string of the molecule is O=P1(O)CC=CC1.O=P1(O)CC=CC1.O=P1(O)CC=CC1.[Al]. The standard InChI is InChI=1S/3C4H7O2P.Al/c3*5-7(6)3-1-2-4-7;/h3*1-2H,3-4H2,(H,5,6);. The summed E-state index contributed by atoms with van der Waals surface area (Å²) in [5.41, 5.74) is 0. The van der Waals surface area contributed by atoms with Crippen LogP contribution < -0.4 is 0 Å². The smallest absolute Gasteiger partial charge is 0.207 e. The highest BCUT2D eigenvalue weighted by Crippen LogP contribution is 2.44. The Balaban J connectivity index is 0.000000294. The molecule has 10 heteroatoms. The van der Waals surface area contributed by atoms with Gasteiger partial charge in [-0.2, -0.15) is 0 Å². The molecule has 22 heavy (non-hydrogen) atoms. The summed E-state index contributed by atoms with van der Waals surface area (Å²) < 4.78 is 31.5. The van der Waals surface area contributed by atoms with E-state index >= 15 is 0 Å². The normalized spacial score (nSPS) is 24.7. The summed E-state index contributed by atoms with van der Waals surface area (Å²) in [6.45, 7) is 0. The molecule has 0 atom stereocenters. The Morgan fingerprint density at radius 2 is 0.636 bits per heavy atom. The molecule has 0 spiro atoms. The van der Waals surface area contributed by atoms with Crippen LogP contribution in [0.25, 0.3) is 0 Å². The molecule has 3 rings (SSSR count). The minimum absolute atomic E-state index is 0. The number of rotatable bonds is 0. The minimum Gasteiger partial charge on any atom is -0.344 e. The van der Waals surface area contributed by atoms with E-state index in [0.29, 0.717) is 37.0 Å². The Kier molecular flexibility index (Phi) is 9.72. The van der Waals surface area contributed by atoms with Gasteiger partial charge in [0.25, 0.3) is 0 Å². The summed E-state index contributed by atoms with van der Waals surface area (Å²) in [6.07, 6.45) is 12.8. The fourth-order valence-corrected chi connectivity index (χ4v) is 4.98. The molecule has 0 aromatic carbocycles. The average Bonchev–Trinajstić information content (AvgIpc) is 3.03. The summed E-state index contributed by atoms with van der Waals surface area (Å²) in [5.74, 6) is 0. The first kappa shape index (κ1) is 22.3. The van der Waals surface area contributed by atoms with Crippen molar-refractivity contribution in [3.8, 4) is 0 Å². The van der Waals surface area contributed by atoms with E-state index < -0.39 is 22.1 Å². The van der Waals surface area contributed by atoms with Crippen molar-refractivity contribution in [3.05, 3.63) is 36.5 Å². The molecule has 3 aliphatic rings. The number of allylic oxidation sites excluding steroid dienone is 6. The van der Waals surface area contributed by atoms with E-state index in [0.717, 1.165) is 0 Å². The molecule has 0 fully saturated rings. The Labute approximate surface area is 141 Å². The zero-order chi connectivity index (χ0) is 16.0. The molecule has 0 aromatic rings. The number of hydrogen-bond acceptors (Lipinski definition) is 3. The van der Waals surface area contributed by atoms with E-state index in [1.807, 2.05) is 0 Å². The average molecular weight is 381 g/mol. The van der Waals surface area contributed by atoms with Gasteiger partial charge < -0.3 is 14.7 Å².